The fourth-order valence-corrected chi connectivity index (χ4v) is 2.55. The standard InChI is InChI=1S/C13H24N3O4P/c1-6-13(5,7-2)16(8-3)12-14-10(4)9-11(15-12)20-21(17,18)19/h9H,6-8H2,1-5H3,(H2,17,18,19). The van der Waals surface area contributed by atoms with Gasteiger partial charge in [-0.2, -0.15) is 4.98 Å². The van der Waals surface area contributed by atoms with E-state index in [-0.39, 0.29) is 11.4 Å². The lowest BCUT2D eigenvalue weighted by Gasteiger charge is -2.40. The van der Waals surface area contributed by atoms with Gasteiger partial charge in [0, 0.05) is 23.8 Å². The zero-order valence-corrected chi connectivity index (χ0v) is 14.1. The van der Waals surface area contributed by atoms with Crippen molar-refractivity contribution in [3.63, 3.8) is 0 Å². The minimum Gasteiger partial charge on any atom is -0.386 e. The van der Waals surface area contributed by atoms with Crippen molar-refractivity contribution in [3.05, 3.63) is 11.8 Å². The van der Waals surface area contributed by atoms with Crippen molar-refractivity contribution < 1.29 is 18.9 Å². The van der Waals surface area contributed by atoms with Gasteiger partial charge in [0.2, 0.25) is 11.8 Å². The molecule has 0 aliphatic rings. The van der Waals surface area contributed by atoms with Crippen LogP contribution >= 0.6 is 7.82 Å². The van der Waals surface area contributed by atoms with E-state index in [0.717, 1.165) is 12.8 Å². The normalized spacial score (nSPS) is 12.3. The summed E-state index contributed by atoms with van der Waals surface area (Å²) in [5.41, 5.74) is 0.471. The Morgan fingerprint density at radius 3 is 2.29 bits per heavy atom. The average molecular weight is 317 g/mol. The summed E-state index contributed by atoms with van der Waals surface area (Å²) >= 11 is 0. The number of rotatable bonds is 7. The molecule has 0 amide bonds. The lowest BCUT2D eigenvalue weighted by molar-refractivity contribution is 0.279. The molecule has 2 N–H and O–H groups in total. The molecule has 0 radical (unpaired) electrons. The van der Waals surface area contributed by atoms with Gasteiger partial charge in [0.1, 0.15) is 0 Å². The molecule has 0 saturated heterocycles. The largest absolute Gasteiger partial charge is 0.526 e. The minimum atomic E-state index is -4.63. The number of phosphoric acid groups is 1. The maximum absolute atomic E-state index is 11.0. The molecule has 0 bridgehead atoms. The predicted octanol–water partition coefficient (Wildman–Crippen LogP) is 2.66. The molecule has 0 fully saturated rings. The number of anilines is 1. The summed E-state index contributed by atoms with van der Waals surface area (Å²) in [4.78, 5) is 28.4. The number of phosphoric ester groups is 1. The van der Waals surface area contributed by atoms with Crippen LogP contribution in [0, 0.1) is 6.92 Å². The lowest BCUT2D eigenvalue weighted by Crippen LogP contribution is -2.46. The summed E-state index contributed by atoms with van der Waals surface area (Å²) in [6.07, 6.45) is 1.81. The molecule has 0 aliphatic heterocycles. The Bertz CT molecular complexity index is 528. The summed E-state index contributed by atoms with van der Waals surface area (Å²) < 4.78 is 15.6. The number of hydrogen-bond acceptors (Lipinski definition) is 5. The van der Waals surface area contributed by atoms with Crippen LogP contribution in [0.1, 0.15) is 46.2 Å². The van der Waals surface area contributed by atoms with E-state index in [1.165, 1.54) is 6.07 Å². The first kappa shape index (κ1) is 17.9. The lowest BCUT2D eigenvalue weighted by atomic mass is 9.93. The van der Waals surface area contributed by atoms with Crippen molar-refractivity contribution in [1.29, 1.82) is 0 Å². The molecule has 0 aliphatic carbocycles. The molecule has 0 unspecified atom stereocenters. The average Bonchev–Trinajstić information content (AvgIpc) is 2.36. The highest BCUT2D eigenvalue weighted by Crippen LogP contribution is 2.37. The van der Waals surface area contributed by atoms with E-state index >= 15 is 0 Å². The zero-order valence-electron chi connectivity index (χ0n) is 13.2. The van der Waals surface area contributed by atoms with E-state index in [4.69, 9.17) is 9.79 Å². The van der Waals surface area contributed by atoms with Crippen LogP contribution in [0.2, 0.25) is 0 Å². The minimum absolute atomic E-state index is 0.112. The molecule has 1 heterocycles. The Kier molecular flexibility index (Phi) is 5.73. The molecule has 21 heavy (non-hydrogen) atoms. The van der Waals surface area contributed by atoms with Gasteiger partial charge in [-0.05, 0) is 33.6 Å². The highest BCUT2D eigenvalue weighted by Gasteiger charge is 2.30. The van der Waals surface area contributed by atoms with Crippen molar-refractivity contribution in [2.24, 2.45) is 0 Å². The highest BCUT2D eigenvalue weighted by atomic mass is 31.2. The second-order valence-corrected chi connectivity index (χ2v) is 6.34. The van der Waals surface area contributed by atoms with Crippen molar-refractivity contribution in [3.8, 4) is 5.88 Å². The van der Waals surface area contributed by atoms with Gasteiger partial charge in [-0.15, -0.1) is 0 Å². The Morgan fingerprint density at radius 1 is 1.29 bits per heavy atom. The third-order valence-corrected chi connectivity index (χ3v) is 4.19. The van der Waals surface area contributed by atoms with Crippen LogP contribution < -0.4 is 9.42 Å². The van der Waals surface area contributed by atoms with Gasteiger partial charge in [0.05, 0.1) is 0 Å². The topological polar surface area (TPSA) is 95.8 Å². The molecule has 1 rings (SSSR count). The van der Waals surface area contributed by atoms with Crippen molar-refractivity contribution in [2.45, 2.75) is 53.0 Å². The molecule has 1 aromatic heterocycles. The quantitative estimate of drug-likeness (QED) is 0.746. The molecular weight excluding hydrogens is 293 g/mol. The molecule has 8 heteroatoms. The second-order valence-electron chi connectivity index (χ2n) is 5.18. The van der Waals surface area contributed by atoms with Crippen LogP contribution in [-0.2, 0) is 4.57 Å². The van der Waals surface area contributed by atoms with Crippen molar-refractivity contribution >= 4 is 13.8 Å². The van der Waals surface area contributed by atoms with E-state index < -0.39 is 7.82 Å². The summed E-state index contributed by atoms with van der Waals surface area (Å²) in [5.74, 6) is 0.311. The Balaban J connectivity index is 3.25. The van der Waals surface area contributed by atoms with Gasteiger partial charge in [0.25, 0.3) is 0 Å². The molecule has 0 saturated carbocycles. The zero-order chi connectivity index (χ0) is 16.3. The van der Waals surface area contributed by atoms with Gasteiger partial charge >= 0.3 is 7.82 Å². The molecule has 0 spiro atoms. The predicted molar refractivity (Wildman–Crippen MR) is 81.4 cm³/mol. The van der Waals surface area contributed by atoms with Gasteiger partial charge in [0.15, 0.2) is 0 Å². The number of hydrogen-bond donors (Lipinski definition) is 2. The second kappa shape index (κ2) is 6.73. The molecular formula is C13H24N3O4P. The fourth-order valence-electron chi connectivity index (χ4n) is 2.21. The summed E-state index contributed by atoms with van der Waals surface area (Å²) in [7, 11) is -4.63. The monoisotopic (exact) mass is 317 g/mol. The first-order chi connectivity index (χ1) is 9.65. The van der Waals surface area contributed by atoms with Crippen LogP contribution in [-0.4, -0.2) is 31.8 Å². The van der Waals surface area contributed by atoms with E-state index in [1.807, 2.05) is 11.8 Å². The van der Waals surface area contributed by atoms with Crippen LogP contribution in [0.3, 0.4) is 0 Å². The number of aryl methyl sites for hydroxylation is 1. The van der Waals surface area contributed by atoms with E-state index in [2.05, 4.69) is 35.3 Å². The SMILES string of the molecule is CCN(c1nc(C)cc(OP(=O)(O)O)n1)C(C)(CC)CC. The van der Waals surface area contributed by atoms with Gasteiger partial charge in [-0.25, -0.2) is 9.55 Å². The Labute approximate surface area is 125 Å². The van der Waals surface area contributed by atoms with Crippen LogP contribution in [0.4, 0.5) is 5.95 Å². The highest BCUT2D eigenvalue weighted by molar-refractivity contribution is 7.46. The van der Waals surface area contributed by atoms with Crippen LogP contribution in [0.25, 0.3) is 0 Å². The first-order valence-corrected chi connectivity index (χ1v) is 8.56. The summed E-state index contributed by atoms with van der Waals surface area (Å²) in [5, 5.41) is 0. The number of nitrogens with zero attached hydrogens (tertiary/aromatic N) is 3. The Hall–Kier alpha value is -1.17. The summed E-state index contributed by atoms with van der Waals surface area (Å²) in [6.45, 7) is 10.7. The maximum atomic E-state index is 11.0. The van der Waals surface area contributed by atoms with Crippen LogP contribution in [0.5, 0.6) is 5.88 Å². The van der Waals surface area contributed by atoms with Gasteiger partial charge in [-0.3, -0.25) is 9.79 Å². The smallest absolute Gasteiger partial charge is 0.386 e. The third kappa shape index (κ3) is 4.66. The van der Waals surface area contributed by atoms with Gasteiger partial charge < -0.3 is 9.42 Å². The summed E-state index contributed by atoms with van der Waals surface area (Å²) in [6, 6.07) is 1.41. The third-order valence-electron chi connectivity index (χ3n) is 3.76. The Morgan fingerprint density at radius 2 is 1.86 bits per heavy atom. The molecule has 0 atom stereocenters. The number of aromatic nitrogens is 2. The fraction of sp³-hybridized carbons (Fsp3) is 0.692. The van der Waals surface area contributed by atoms with E-state index in [1.54, 1.807) is 6.92 Å². The van der Waals surface area contributed by atoms with Gasteiger partial charge in [-0.1, -0.05) is 13.8 Å². The first-order valence-electron chi connectivity index (χ1n) is 7.03. The van der Waals surface area contributed by atoms with Crippen molar-refractivity contribution in [1.82, 2.24) is 9.97 Å². The van der Waals surface area contributed by atoms with Crippen molar-refractivity contribution in [2.75, 3.05) is 11.4 Å². The maximum Gasteiger partial charge on any atom is 0.526 e. The molecule has 7 nitrogen and oxygen atoms in total. The molecule has 0 aromatic carbocycles. The van der Waals surface area contributed by atoms with E-state index in [0.29, 0.717) is 18.2 Å². The van der Waals surface area contributed by atoms with Crippen LogP contribution in [0.15, 0.2) is 6.07 Å². The molecule has 1 aromatic rings. The van der Waals surface area contributed by atoms with E-state index in [9.17, 15) is 4.57 Å². The molecule has 120 valence electrons.